The largest absolute Gasteiger partial charge is 0.311 e. The Balaban J connectivity index is 2.95. The molecule has 88 valence electrons. The van der Waals surface area contributed by atoms with E-state index in [2.05, 4.69) is 5.32 Å². The van der Waals surface area contributed by atoms with E-state index in [9.17, 15) is 13.2 Å². The molecule has 5 heteroatoms. The van der Waals surface area contributed by atoms with Gasteiger partial charge in [-0.25, -0.2) is 8.42 Å². The van der Waals surface area contributed by atoms with Crippen molar-refractivity contribution in [1.29, 1.82) is 0 Å². The fraction of sp³-hybridized carbons (Fsp3) is 0.364. The van der Waals surface area contributed by atoms with Gasteiger partial charge in [-0.05, 0) is 31.2 Å². The number of aldehydes is 1. The van der Waals surface area contributed by atoms with Crippen molar-refractivity contribution in [3.63, 3.8) is 0 Å². The van der Waals surface area contributed by atoms with Gasteiger partial charge in [-0.2, -0.15) is 0 Å². The first kappa shape index (κ1) is 12.9. The summed E-state index contributed by atoms with van der Waals surface area (Å²) in [5, 5.41) is 2.84. The lowest BCUT2D eigenvalue weighted by molar-refractivity contribution is -0.109. The van der Waals surface area contributed by atoms with Crippen LogP contribution >= 0.6 is 0 Å². The van der Waals surface area contributed by atoms with E-state index in [1.54, 1.807) is 25.2 Å². The topological polar surface area (TPSA) is 63.2 Å². The Bertz CT molecular complexity index is 468. The van der Waals surface area contributed by atoms with Gasteiger partial charge in [0.2, 0.25) is 0 Å². The van der Waals surface area contributed by atoms with Crippen LogP contribution in [0.4, 0.5) is 0 Å². The van der Waals surface area contributed by atoms with Gasteiger partial charge in [0.1, 0.15) is 6.29 Å². The van der Waals surface area contributed by atoms with Crippen LogP contribution in [0.1, 0.15) is 5.56 Å². The number of hydrogen-bond acceptors (Lipinski definition) is 4. The third kappa shape index (κ3) is 3.43. The molecule has 1 aromatic carbocycles. The second kappa shape index (κ2) is 5.23. The van der Waals surface area contributed by atoms with Crippen molar-refractivity contribution in [3.8, 4) is 0 Å². The molecule has 1 aromatic rings. The van der Waals surface area contributed by atoms with Gasteiger partial charge in [-0.3, -0.25) is 0 Å². The van der Waals surface area contributed by atoms with Gasteiger partial charge in [-0.1, -0.05) is 12.1 Å². The Labute approximate surface area is 95.6 Å². The molecule has 0 spiro atoms. The number of rotatable bonds is 5. The summed E-state index contributed by atoms with van der Waals surface area (Å²) in [6, 6.07) is 6.36. The molecule has 0 bridgehead atoms. The van der Waals surface area contributed by atoms with Crippen molar-refractivity contribution in [1.82, 2.24) is 5.32 Å². The molecule has 0 aliphatic rings. The molecule has 1 unspecified atom stereocenters. The van der Waals surface area contributed by atoms with Gasteiger partial charge in [0, 0.05) is 6.26 Å². The summed E-state index contributed by atoms with van der Waals surface area (Å²) < 4.78 is 22.6. The standard InChI is InChI=1S/C11H15NO3S/c1-12-10(8-13)6-9-4-3-5-11(7-9)16(2,14)15/h3-5,7-8,10,12H,6H2,1-2H3. The predicted octanol–water partition coefficient (Wildman–Crippen LogP) is 0.419. The van der Waals surface area contributed by atoms with Crippen LogP contribution in [-0.4, -0.2) is 34.0 Å². The third-order valence-corrected chi connectivity index (χ3v) is 3.43. The van der Waals surface area contributed by atoms with Crippen molar-refractivity contribution in [2.45, 2.75) is 17.4 Å². The highest BCUT2D eigenvalue weighted by atomic mass is 32.2. The van der Waals surface area contributed by atoms with E-state index in [1.165, 1.54) is 6.26 Å². The summed E-state index contributed by atoms with van der Waals surface area (Å²) in [5.74, 6) is 0. The number of hydrogen-bond donors (Lipinski definition) is 1. The number of benzene rings is 1. The molecule has 0 fully saturated rings. The molecular formula is C11H15NO3S. The maximum absolute atomic E-state index is 11.3. The number of carbonyl (C=O) groups is 1. The van der Waals surface area contributed by atoms with E-state index in [4.69, 9.17) is 0 Å². The Hall–Kier alpha value is -1.20. The van der Waals surface area contributed by atoms with E-state index < -0.39 is 9.84 Å². The molecule has 1 N–H and O–H groups in total. The summed E-state index contributed by atoms with van der Waals surface area (Å²) >= 11 is 0. The van der Waals surface area contributed by atoms with Crippen LogP contribution in [0.2, 0.25) is 0 Å². The summed E-state index contributed by atoms with van der Waals surface area (Å²) in [7, 11) is -1.49. The first-order valence-electron chi connectivity index (χ1n) is 4.89. The Kier molecular flexibility index (Phi) is 4.20. The molecule has 0 aliphatic carbocycles. The summed E-state index contributed by atoms with van der Waals surface area (Å²) in [4.78, 5) is 10.9. The van der Waals surface area contributed by atoms with E-state index in [0.717, 1.165) is 11.8 Å². The van der Waals surface area contributed by atoms with Crippen LogP contribution in [0.3, 0.4) is 0 Å². The summed E-state index contributed by atoms with van der Waals surface area (Å²) in [6.45, 7) is 0. The Morgan fingerprint density at radius 3 is 2.62 bits per heavy atom. The van der Waals surface area contributed by atoms with Gasteiger partial charge in [0.05, 0.1) is 10.9 Å². The maximum atomic E-state index is 11.3. The van der Waals surface area contributed by atoms with Gasteiger partial charge in [0.25, 0.3) is 0 Å². The molecule has 0 aromatic heterocycles. The first-order valence-corrected chi connectivity index (χ1v) is 6.78. The summed E-state index contributed by atoms with van der Waals surface area (Å²) in [5.41, 5.74) is 0.828. The van der Waals surface area contributed by atoms with Crippen molar-refractivity contribution in [2.24, 2.45) is 0 Å². The maximum Gasteiger partial charge on any atom is 0.175 e. The number of sulfone groups is 1. The quantitative estimate of drug-likeness (QED) is 0.759. The van der Waals surface area contributed by atoms with Gasteiger partial charge in [0.15, 0.2) is 9.84 Å². The van der Waals surface area contributed by atoms with Gasteiger partial charge in [-0.15, -0.1) is 0 Å². The van der Waals surface area contributed by atoms with Crippen LogP contribution in [0, 0.1) is 0 Å². The molecule has 0 saturated heterocycles. The van der Waals surface area contributed by atoms with Crippen molar-refractivity contribution >= 4 is 16.1 Å². The zero-order valence-electron chi connectivity index (χ0n) is 9.30. The molecule has 0 heterocycles. The van der Waals surface area contributed by atoms with Gasteiger partial charge < -0.3 is 10.1 Å². The van der Waals surface area contributed by atoms with E-state index in [1.807, 2.05) is 6.07 Å². The zero-order valence-corrected chi connectivity index (χ0v) is 10.1. The number of carbonyl (C=O) groups excluding carboxylic acids is 1. The monoisotopic (exact) mass is 241 g/mol. The van der Waals surface area contributed by atoms with Crippen LogP contribution in [0.5, 0.6) is 0 Å². The lowest BCUT2D eigenvalue weighted by atomic mass is 10.1. The second-order valence-electron chi connectivity index (χ2n) is 3.65. The van der Waals surface area contributed by atoms with Crippen LogP contribution < -0.4 is 5.32 Å². The number of likely N-dealkylation sites (N-methyl/N-ethyl adjacent to an activating group) is 1. The average molecular weight is 241 g/mol. The fourth-order valence-corrected chi connectivity index (χ4v) is 2.07. The molecular weight excluding hydrogens is 226 g/mol. The van der Waals surface area contributed by atoms with Gasteiger partial charge >= 0.3 is 0 Å². The first-order chi connectivity index (χ1) is 7.47. The molecule has 0 radical (unpaired) electrons. The molecule has 1 rings (SSSR count). The zero-order chi connectivity index (χ0) is 12.2. The number of nitrogens with one attached hydrogen (secondary N) is 1. The fourth-order valence-electron chi connectivity index (χ4n) is 1.38. The van der Waals surface area contributed by atoms with Crippen LogP contribution in [-0.2, 0) is 21.1 Å². The minimum absolute atomic E-state index is 0.283. The molecule has 4 nitrogen and oxygen atoms in total. The molecule has 16 heavy (non-hydrogen) atoms. The SMILES string of the molecule is CNC(C=O)Cc1cccc(S(C)(=O)=O)c1. The van der Waals surface area contributed by atoms with Crippen molar-refractivity contribution in [3.05, 3.63) is 29.8 Å². The summed E-state index contributed by atoms with van der Waals surface area (Å²) in [6.07, 6.45) is 2.47. The highest BCUT2D eigenvalue weighted by molar-refractivity contribution is 7.90. The average Bonchev–Trinajstić information content (AvgIpc) is 2.25. The van der Waals surface area contributed by atoms with E-state index >= 15 is 0 Å². The third-order valence-electron chi connectivity index (χ3n) is 2.32. The highest BCUT2D eigenvalue weighted by Gasteiger charge is 2.10. The second-order valence-corrected chi connectivity index (χ2v) is 5.67. The lowest BCUT2D eigenvalue weighted by Gasteiger charge is -2.09. The highest BCUT2D eigenvalue weighted by Crippen LogP contribution is 2.12. The smallest absolute Gasteiger partial charge is 0.175 e. The minimum atomic E-state index is -3.18. The van der Waals surface area contributed by atoms with Crippen LogP contribution in [0.25, 0.3) is 0 Å². The van der Waals surface area contributed by atoms with Crippen LogP contribution in [0.15, 0.2) is 29.2 Å². The van der Waals surface area contributed by atoms with E-state index in [-0.39, 0.29) is 10.9 Å². The normalized spacial score (nSPS) is 13.4. The lowest BCUT2D eigenvalue weighted by Crippen LogP contribution is -2.28. The molecule has 0 amide bonds. The Morgan fingerprint density at radius 2 is 2.12 bits per heavy atom. The molecule has 1 atom stereocenters. The molecule has 0 saturated carbocycles. The van der Waals surface area contributed by atoms with E-state index in [0.29, 0.717) is 6.42 Å². The van der Waals surface area contributed by atoms with Crippen molar-refractivity contribution in [2.75, 3.05) is 13.3 Å². The predicted molar refractivity (Wildman–Crippen MR) is 62.2 cm³/mol. The Morgan fingerprint density at radius 1 is 1.44 bits per heavy atom. The van der Waals surface area contributed by atoms with Crippen molar-refractivity contribution < 1.29 is 13.2 Å². The minimum Gasteiger partial charge on any atom is -0.311 e. The molecule has 0 aliphatic heterocycles.